The lowest BCUT2D eigenvalue weighted by Gasteiger charge is -2.15. The molecule has 1 amide bonds. The van der Waals surface area contributed by atoms with Crippen molar-refractivity contribution < 1.29 is 9.59 Å². The third-order valence-corrected chi connectivity index (χ3v) is 4.89. The molecule has 0 fully saturated rings. The molecule has 2 heterocycles. The zero-order valence-corrected chi connectivity index (χ0v) is 15.2. The lowest BCUT2D eigenvalue weighted by molar-refractivity contribution is -0.125. The minimum atomic E-state index is -0.521. The van der Waals surface area contributed by atoms with Crippen molar-refractivity contribution in [2.24, 2.45) is 0 Å². The van der Waals surface area contributed by atoms with E-state index in [1.165, 1.54) is 4.90 Å². The molecule has 0 aliphatic heterocycles. The van der Waals surface area contributed by atoms with Gasteiger partial charge in [0.25, 0.3) is 11.7 Å². The maximum Gasteiger partial charge on any atom is 0.295 e. The van der Waals surface area contributed by atoms with Crippen LogP contribution in [0.15, 0.2) is 47.8 Å². The van der Waals surface area contributed by atoms with Crippen LogP contribution in [0, 0.1) is 13.8 Å². The van der Waals surface area contributed by atoms with Crippen LogP contribution in [-0.4, -0.2) is 33.4 Å². The summed E-state index contributed by atoms with van der Waals surface area (Å²) in [5.74, 6) is -1.04. The Bertz CT molecular complexity index is 898. The molecular formula is C19H19N3O2S. The Morgan fingerprint density at radius 2 is 1.84 bits per heavy atom. The number of hydrogen-bond acceptors (Lipinski definition) is 4. The fourth-order valence-corrected chi connectivity index (χ4v) is 3.54. The highest BCUT2D eigenvalue weighted by Crippen LogP contribution is 2.20. The van der Waals surface area contributed by atoms with Gasteiger partial charge in [-0.25, -0.2) is 4.68 Å². The summed E-state index contributed by atoms with van der Waals surface area (Å²) in [6.07, 6.45) is 0. The summed E-state index contributed by atoms with van der Waals surface area (Å²) in [5, 5.41) is 6.40. The Kier molecular flexibility index (Phi) is 4.81. The summed E-state index contributed by atoms with van der Waals surface area (Å²) in [6, 6.07) is 13.4. The first kappa shape index (κ1) is 17.1. The molecule has 3 aromatic rings. The number of para-hydroxylation sites is 1. The molecule has 0 spiro atoms. The average Bonchev–Trinajstić information content (AvgIpc) is 3.22. The highest BCUT2D eigenvalue weighted by Gasteiger charge is 2.27. The molecule has 0 saturated heterocycles. The van der Waals surface area contributed by atoms with Crippen LogP contribution in [0.1, 0.15) is 26.6 Å². The molecule has 128 valence electrons. The minimum absolute atomic E-state index is 0.381. The molecule has 0 unspecified atom stereocenters. The number of thiophene rings is 1. The van der Waals surface area contributed by atoms with E-state index in [1.807, 2.05) is 54.8 Å². The SMILES string of the molecule is Cc1nn(-c2ccccc2)c(C)c1C(=O)C(=O)N(C)Cc1cccs1. The van der Waals surface area contributed by atoms with E-state index in [2.05, 4.69) is 5.10 Å². The first-order chi connectivity index (χ1) is 12.0. The van der Waals surface area contributed by atoms with Gasteiger partial charge in [-0.1, -0.05) is 24.3 Å². The van der Waals surface area contributed by atoms with E-state index in [0.29, 0.717) is 23.5 Å². The first-order valence-electron chi connectivity index (χ1n) is 7.93. The van der Waals surface area contributed by atoms with Gasteiger partial charge in [0.05, 0.1) is 29.2 Å². The van der Waals surface area contributed by atoms with Crippen LogP contribution in [-0.2, 0) is 11.3 Å². The molecule has 0 atom stereocenters. The van der Waals surface area contributed by atoms with E-state index in [4.69, 9.17) is 0 Å². The zero-order valence-electron chi connectivity index (χ0n) is 14.4. The van der Waals surface area contributed by atoms with Crippen molar-refractivity contribution in [2.75, 3.05) is 7.05 Å². The van der Waals surface area contributed by atoms with E-state index in [0.717, 1.165) is 10.6 Å². The van der Waals surface area contributed by atoms with Crippen molar-refractivity contribution in [1.29, 1.82) is 0 Å². The third-order valence-electron chi connectivity index (χ3n) is 4.03. The number of likely N-dealkylation sites (N-methyl/N-ethyl adjacent to an activating group) is 1. The Hall–Kier alpha value is -2.73. The maximum absolute atomic E-state index is 12.8. The second-order valence-corrected chi connectivity index (χ2v) is 6.90. The molecular weight excluding hydrogens is 334 g/mol. The van der Waals surface area contributed by atoms with Gasteiger partial charge in [-0.2, -0.15) is 5.10 Å². The van der Waals surface area contributed by atoms with Gasteiger partial charge < -0.3 is 4.90 Å². The lowest BCUT2D eigenvalue weighted by atomic mass is 10.1. The summed E-state index contributed by atoms with van der Waals surface area (Å²) in [4.78, 5) is 27.8. The van der Waals surface area contributed by atoms with Crippen molar-refractivity contribution in [3.05, 3.63) is 69.7 Å². The number of aryl methyl sites for hydroxylation is 1. The van der Waals surface area contributed by atoms with Crippen LogP contribution in [0.2, 0.25) is 0 Å². The van der Waals surface area contributed by atoms with Crippen LogP contribution < -0.4 is 0 Å². The average molecular weight is 353 g/mol. The van der Waals surface area contributed by atoms with Gasteiger partial charge in [0.1, 0.15) is 0 Å². The van der Waals surface area contributed by atoms with Gasteiger partial charge in [0.2, 0.25) is 0 Å². The van der Waals surface area contributed by atoms with Crippen LogP contribution in [0.3, 0.4) is 0 Å². The van der Waals surface area contributed by atoms with Crippen LogP contribution in [0.25, 0.3) is 5.69 Å². The summed E-state index contributed by atoms with van der Waals surface area (Å²) < 4.78 is 1.70. The molecule has 3 rings (SSSR count). The normalized spacial score (nSPS) is 10.7. The molecule has 0 aliphatic carbocycles. The molecule has 25 heavy (non-hydrogen) atoms. The summed E-state index contributed by atoms with van der Waals surface area (Å²) in [7, 11) is 1.65. The molecule has 0 N–H and O–H groups in total. The quantitative estimate of drug-likeness (QED) is 0.522. The van der Waals surface area contributed by atoms with Crippen molar-refractivity contribution >= 4 is 23.0 Å². The van der Waals surface area contributed by atoms with Crippen LogP contribution >= 0.6 is 11.3 Å². The highest BCUT2D eigenvalue weighted by molar-refractivity contribution is 7.09. The second-order valence-electron chi connectivity index (χ2n) is 5.86. The number of aromatic nitrogens is 2. The fourth-order valence-electron chi connectivity index (χ4n) is 2.78. The van der Waals surface area contributed by atoms with Gasteiger partial charge in [-0.15, -0.1) is 11.3 Å². The molecule has 0 radical (unpaired) electrons. The molecule has 5 nitrogen and oxygen atoms in total. The Morgan fingerprint density at radius 3 is 2.48 bits per heavy atom. The first-order valence-corrected chi connectivity index (χ1v) is 8.81. The van der Waals surface area contributed by atoms with Gasteiger partial charge in [-0.3, -0.25) is 9.59 Å². The van der Waals surface area contributed by atoms with Crippen molar-refractivity contribution in [3.8, 4) is 5.69 Å². The van der Waals surface area contributed by atoms with Crippen molar-refractivity contribution in [3.63, 3.8) is 0 Å². The van der Waals surface area contributed by atoms with E-state index >= 15 is 0 Å². The second kappa shape index (κ2) is 7.03. The van der Waals surface area contributed by atoms with Gasteiger partial charge >= 0.3 is 0 Å². The van der Waals surface area contributed by atoms with E-state index in [1.54, 1.807) is 30.0 Å². The molecule has 6 heteroatoms. The number of hydrogen-bond donors (Lipinski definition) is 0. The number of Topliss-reactive ketones (excluding diaryl/α,β-unsaturated/α-hetero) is 1. The van der Waals surface area contributed by atoms with Crippen molar-refractivity contribution in [1.82, 2.24) is 14.7 Å². The number of carbonyl (C=O) groups excluding carboxylic acids is 2. The largest absolute Gasteiger partial charge is 0.334 e. The zero-order chi connectivity index (χ0) is 18.0. The van der Waals surface area contributed by atoms with Crippen LogP contribution in [0.5, 0.6) is 0 Å². The predicted molar refractivity (Wildman–Crippen MR) is 98.2 cm³/mol. The highest BCUT2D eigenvalue weighted by atomic mass is 32.1. The van der Waals surface area contributed by atoms with Gasteiger partial charge in [0.15, 0.2) is 0 Å². The fraction of sp³-hybridized carbons (Fsp3) is 0.211. The topological polar surface area (TPSA) is 55.2 Å². The summed E-state index contributed by atoms with van der Waals surface area (Å²) in [6.45, 7) is 3.99. The third kappa shape index (κ3) is 3.39. The van der Waals surface area contributed by atoms with Crippen LogP contribution in [0.4, 0.5) is 0 Å². The summed E-state index contributed by atoms with van der Waals surface area (Å²) >= 11 is 1.56. The van der Waals surface area contributed by atoms with E-state index in [9.17, 15) is 9.59 Å². The Morgan fingerprint density at radius 1 is 1.12 bits per heavy atom. The predicted octanol–water partition coefficient (Wildman–Crippen LogP) is 3.39. The molecule has 0 bridgehead atoms. The number of carbonyl (C=O) groups is 2. The Labute approximate surface area is 150 Å². The number of benzene rings is 1. The standard InChI is InChI=1S/C19H19N3O2S/c1-13-17(14(2)22(20-13)15-8-5-4-6-9-15)18(23)19(24)21(3)12-16-10-7-11-25-16/h4-11H,12H2,1-3H3. The number of rotatable bonds is 5. The van der Waals surface area contributed by atoms with E-state index < -0.39 is 11.7 Å². The minimum Gasteiger partial charge on any atom is -0.334 e. The lowest BCUT2D eigenvalue weighted by Crippen LogP contribution is -2.33. The molecule has 0 saturated carbocycles. The molecule has 1 aromatic carbocycles. The monoisotopic (exact) mass is 353 g/mol. The number of amides is 1. The maximum atomic E-state index is 12.8. The Balaban J connectivity index is 1.87. The molecule has 2 aromatic heterocycles. The number of nitrogens with zero attached hydrogens (tertiary/aromatic N) is 3. The summed E-state index contributed by atoms with van der Waals surface area (Å²) in [5.41, 5.74) is 2.48. The van der Waals surface area contributed by atoms with Gasteiger partial charge in [0, 0.05) is 11.9 Å². The van der Waals surface area contributed by atoms with Crippen molar-refractivity contribution in [2.45, 2.75) is 20.4 Å². The van der Waals surface area contributed by atoms with Gasteiger partial charge in [-0.05, 0) is 37.4 Å². The smallest absolute Gasteiger partial charge is 0.295 e. The molecule has 0 aliphatic rings. The van der Waals surface area contributed by atoms with E-state index in [-0.39, 0.29) is 0 Å². The number of ketones is 1.